The second kappa shape index (κ2) is 3.79. The van der Waals surface area contributed by atoms with Gasteiger partial charge in [-0.2, -0.15) is 4.90 Å². The zero-order valence-electron chi connectivity index (χ0n) is 9.44. The van der Waals surface area contributed by atoms with E-state index in [0.717, 1.165) is 12.8 Å². The Balaban J connectivity index is 2.11. The summed E-state index contributed by atoms with van der Waals surface area (Å²) in [7, 11) is 0. The zero-order valence-corrected chi connectivity index (χ0v) is 9.44. The average Bonchev–Trinajstić information content (AvgIpc) is 3.01. The van der Waals surface area contributed by atoms with E-state index in [1.165, 1.54) is 12.2 Å². The second-order valence-electron chi connectivity index (χ2n) is 4.36. The van der Waals surface area contributed by atoms with Crippen LogP contribution in [0, 0.1) is 10.4 Å². The van der Waals surface area contributed by atoms with Crippen LogP contribution < -0.4 is 0 Å². The van der Waals surface area contributed by atoms with Gasteiger partial charge in [0.25, 0.3) is 5.71 Å². The van der Waals surface area contributed by atoms with Crippen LogP contribution in [0.1, 0.15) is 24.2 Å². The second-order valence-corrected chi connectivity index (χ2v) is 4.36. The lowest BCUT2D eigenvalue weighted by Crippen LogP contribution is -2.46. The van der Waals surface area contributed by atoms with Gasteiger partial charge in [0, 0.05) is 19.2 Å². The first-order valence-electron chi connectivity index (χ1n) is 5.64. The van der Waals surface area contributed by atoms with E-state index in [9.17, 15) is 15.5 Å². The molecule has 0 radical (unpaired) electrons. The van der Waals surface area contributed by atoms with Crippen molar-refractivity contribution < 1.29 is 14.6 Å². The van der Waals surface area contributed by atoms with Gasteiger partial charge in [-0.15, -0.1) is 0 Å². The number of hydrogen-bond donors (Lipinski definition) is 1. The maximum atomic E-state index is 10.9. The zero-order chi connectivity index (χ0) is 12.8. The number of fused-ring (bicyclic) bond motifs is 1. The van der Waals surface area contributed by atoms with Crippen molar-refractivity contribution in [2.45, 2.75) is 18.6 Å². The fraction of sp³-hybridized carbons (Fsp3) is 0.500. The van der Waals surface area contributed by atoms with Gasteiger partial charge < -0.3 is 15.5 Å². The number of likely N-dealkylation sites (tertiary alicyclic amines) is 1. The molecule has 1 atom stereocenters. The molecule has 1 unspecified atom stereocenters. The number of hydrogen-bond acceptors (Lipinski definition) is 7. The predicted molar refractivity (Wildman–Crippen MR) is 59.2 cm³/mol. The van der Waals surface area contributed by atoms with Gasteiger partial charge in [0.05, 0.1) is 0 Å². The van der Waals surface area contributed by atoms with E-state index < -0.39 is 10.6 Å². The molecular formula is C10H11N4O4-. The number of nitrogens with zero attached hydrogens (tertiary/aromatic N) is 4. The van der Waals surface area contributed by atoms with Crippen LogP contribution in [0.5, 0.6) is 0 Å². The first kappa shape index (κ1) is 11.2. The number of rotatable bonds is 1. The van der Waals surface area contributed by atoms with Crippen molar-refractivity contribution in [1.29, 1.82) is 0 Å². The highest BCUT2D eigenvalue weighted by Crippen LogP contribution is 2.34. The molecule has 0 spiro atoms. The Morgan fingerprint density at radius 3 is 2.72 bits per heavy atom. The topological polar surface area (TPSA) is 112 Å². The van der Waals surface area contributed by atoms with Crippen LogP contribution in [0.4, 0.5) is 0 Å². The lowest BCUT2D eigenvalue weighted by Gasteiger charge is -2.34. The lowest BCUT2D eigenvalue weighted by molar-refractivity contribution is -0.377. The van der Waals surface area contributed by atoms with E-state index in [1.54, 1.807) is 0 Å². The summed E-state index contributed by atoms with van der Waals surface area (Å²) in [4.78, 5) is 1.24. The Kier molecular flexibility index (Phi) is 2.35. The fourth-order valence-corrected chi connectivity index (χ4v) is 2.41. The van der Waals surface area contributed by atoms with Crippen molar-refractivity contribution in [2.75, 3.05) is 13.1 Å². The maximum Gasteiger partial charge on any atom is 0.254 e. The summed E-state index contributed by atoms with van der Waals surface area (Å²) in [5.74, 6) is 0. The molecule has 96 valence electrons. The molecule has 8 heteroatoms. The molecule has 8 nitrogen and oxygen atoms in total. The molecule has 1 aromatic rings. The molecule has 2 heterocycles. The highest BCUT2D eigenvalue weighted by molar-refractivity contribution is 6.06. The van der Waals surface area contributed by atoms with Crippen LogP contribution >= 0.6 is 0 Å². The van der Waals surface area contributed by atoms with Crippen molar-refractivity contribution in [3.05, 3.63) is 34.0 Å². The van der Waals surface area contributed by atoms with E-state index in [4.69, 9.17) is 0 Å². The lowest BCUT2D eigenvalue weighted by atomic mass is 9.97. The average molecular weight is 251 g/mol. The molecule has 1 N–H and O–H groups in total. The summed E-state index contributed by atoms with van der Waals surface area (Å²) < 4.78 is 4.55. The SMILES string of the molecule is [O-][N+]([O-])=C1C=CC(O)(N2CCCC2)c2nonc21. The quantitative estimate of drug-likeness (QED) is 0.537. The van der Waals surface area contributed by atoms with E-state index >= 15 is 0 Å². The summed E-state index contributed by atoms with van der Waals surface area (Å²) in [6.45, 7) is 1.42. The van der Waals surface area contributed by atoms with Crippen molar-refractivity contribution in [3.8, 4) is 0 Å². The summed E-state index contributed by atoms with van der Waals surface area (Å²) in [6, 6.07) is 0. The highest BCUT2D eigenvalue weighted by atomic mass is 16.8. The largest absolute Gasteiger partial charge is 0.612 e. The summed E-state index contributed by atoms with van der Waals surface area (Å²) in [6.07, 6.45) is 4.58. The molecule has 1 aromatic heterocycles. The normalized spacial score (nSPS) is 27.5. The molecule has 1 aliphatic carbocycles. The molecule has 0 aromatic carbocycles. The predicted octanol–water partition coefficient (Wildman–Crippen LogP) is -0.322. The Morgan fingerprint density at radius 2 is 2.06 bits per heavy atom. The number of allylic oxidation sites excluding steroid dienone is 1. The highest BCUT2D eigenvalue weighted by Gasteiger charge is 2.45. The standard InChI is InChI=1S/C10H11N4O4/c15-10(13-5-1-2-6-13)4-3-7(14(16)17)8-9(10)12-18-11-8/h3-4,15H,1-2,5-6H2/q-1. The third-order valence-electron chi connectivity index (χ3n) is 3.34. The molecule has 1 fully saturated rings. The van der Waals surface area contributed by atoms with Crippen molar-refractivity contribution in [1.82, 2.24) is 15.2 Å². The Morgan fingerprint density at radius 1 is 1.33 bits per heavy atom. The molecule has 0 amide bonds. The number of aromatic nitrogens is 2. The third kappa shape index (κ3) is 1.42. The van der Waals surface area contributed by atoms with Crippen LogP contribution in [0.25, 0.3) is 0 Å². The minimum absolute atomic E-state index is 0.00287. The van der Waals surface area contributed by atoms with Crippen LogP contribution in [-0.4, -0.2) is 44.0 Å². The van der Waals surface area contributed by atoms with E-state index in [1.807, 2.05) is 4.90 Å². The Hall–Kier alpha value is -1.93. The van der Waals surface area contributed by atoms with E-state index in [-0.39, 0.29) is 17.1 Å². The van der Waals surface area contributed by atoms with Gasteiger partial charge in [-0.1, -0.05) is 0 Å². The molecule has 1 saturated heterocycles. The minimum atomic E-state index is -1.45. The van der Waals surface area contributed by atoms with Crippen molar-refractivity contribution in [2.24, 2.45) is 0 Å². The van der Waals surface area contributed by atoms with Gasteiger partial charge in [0.1, 0.15) is 0 Å². The third-order valence-corrected chi connectivity index (χ3v) is 3.34. The molecule has 2 aliphatic rings. The van der Waals surface area contributed by atoms with Crippen LogP contribution in [0.15, 0.2) is 16.8 Å². The molecule has 0 saturated carbocycles. The Bertz CT molecular complexity index is 528. The van der Waals surface area contributed by atoms with Crippen LogP contribution in [-0.2, 0) is 5.72 Å². The number of aliphatic hydroxyl groups is 1. The van der Waals surface area contributed by atoms with E-state index in [2.05, 4.69) is 14.9 Å². The van der Waals surface area contributed by atoms with E-state index in [0.29, 0.717) is 13.1 Å². The summed E-state index contributed by atoms with van der Waals surface area (Å²) >= 11 is 0. The molecular weight excluding hydrogens is 240 g/mol. The van der Waals surface area contributed by atoms with Gasteiger partial charge in [-0.3, -0.25) is 4.90 Å². The smallest absolute Gasteiger partial charge is 0.254 e. The van der Waals surface area contributed by atoms with Crippen molar-refractivity contribution in [3.63, 3.8) is 0 Å². The molecule has 1 aliphatic heterocycles. The fourth-order valence-electron chi connectivity index (χ4n) is 2.41. The van der Waals surface area contributed by atoms with Gasteiger partial charge in [-0.05, 0) is 29.2 Å². The summed E-state index contributed by atoms with van der Waals surface area (Å²) in [5, 5.41) is 39.5. The Labute approximate surface area is 102 Å². The first-order chi connectivity index (χ1) is 8.63. The molecule has 0 bridgehead atoms. The summed E-state index contributed by atoms with van der Waals surface area (Å²) in [5.41, 5.74) is -1.57. The van der Waals surface area contributed by atoms with Gasteiger partial charge in [0.2, 0.25) is 5.69 Å². The van der Waals surface area contributed by atoms with Crippen LogP contribution in [0.2, 0.25) is 0 Å². The minimum Gasteiger partial charge on any atom is -0.612 e. The van der Waals surface area contributed by atoms with Gasteiger partial charge >= 0.3 is 0 Å². The monoisotopic (exact) mass is 251 g/mol. The van der Waals surface area contributed by atoms with Crippen molar-refractivity contribution >= 4 is 5.71 Å². The molecule has 3 rings (SSSR count). The molecule has 18 heavy (non-hydrogen) atoms. The van der Waals surface area contributed by atoms with Gasteiger partial charge in [0.15, 0.2) is 11.4 Å². The van der Waals surface area contributed by atoms with Gasteiger partial charge in [-0.25, -0.2) is 4.63 Å². The van der Waals surface area contributed by atoms with Crippen LogP contribution in [0.3, 0.4) is 0 Å². The first-order valence-corrected chi connectivity index (χ1v) is 5.64. The maximum absolute atomic E-state index is 10.9.